The summed E-state index contributed by atoms with van der Waals surface area (Å²) in [5, 5.41) is 0. The van der Waals surface area contributed by atoms with Gasteiger partial charge in [0.2, 0.25) is 0 Å². The zero-order valence-electron chi connectivity index (χ0n) is 15.1. The van der Waals surface area contributed by atoms with E-state index in [1.54, 1.807) is 6.92 Å². The summed E-state index contributed by atoms with van der Waals surface area (Å²) in [4.78, 5) is 39.3. The Morgan fingerprint density at radius 1 is 1.17 bits per heavy atom. The third-order valence-electron chi connectivity index (χ3n) is 7.32. The van der Waals surface area contributed by atoms with E-state index >= 15 is 0 Å². The van der Waals surface area contributed by atoms with E-state index in [9.17, 15) is 14.4 Å². The zero-order chi connectivity index (χ0) is 17.7. The average Bonchev–Trinajstić information content (AvgIpc) is 3.10. The highest BCUT2D eigenvalue weighted by atomic mass is 16.6. The first-order valence-corrected chi connectivity index (χ1v) is 9.02. The van der Waals surface area contributed by atoms with Gasteiger partial charge in [0.1, 0.15) is 11.4 Å². The summed E-state index contributed by atoms with van der Waals surface area (Å²) < 4.78 is 5.96. The van der Waals surface area contributed by atoms with Crippen LogP contribution in [0, 0.1) is 28.6 Å². The zero-order valence-corrected chi connectivity index (χ0v) is 15.1. The SMILES string of the molecule is C/C1=C/[C@]23O[C@H]2[C@H](C)CC3C(=O)[C@]2(C)C(=O)CC(C)(C)[C@H]2CC1=O. The van der Waals surface area contributed by atoms with Crippen molar-refractivity contribution in [3.63, 3.8) is 0 Å². The summed E-state index contributed by atoms with van der Waals surface area (Å²) >= 11 is 0. The third-order valence-corrected chi connectivity index (χ3v) is 7.32. The van der Waals surface area contributed by atoms with Crippen LogP contribution in [0.2, 0.25) is 0 Å². The van der Waals surface area contributed by atoms with Gasteiger partial charge in [0.05, 0.1) is 17.4 Å². The quantitative estimate of drug-likeness (QED) is 0.506. The predicted octanol–water partition coefficient (Wildman–Crippen LogP) is 2.89. The molecule has 0 N–H and O–H groups in total. The number of hydrogen-bond donors (Lipinski definition) is 0. The van der Waals surface area contributed by atoms with Crippen molar-refractivity contribution in [3.8, 4) is 0 Å². The van der Waals surface area contributed by atoms with Crippen LogP contribution in [-0.4, -0.2) is 29.1 Å². The molecule has 0 radical (unpaired) electrons. The van der Waals surface area contributed by atoms with Gasteiger partial charge in [0.15, 0.2) is 11.6 Å². The molecule has 4 aliphatic rings. The second kappa shape index (κ2) is 4.46. The summed E-state index contributed by atoms with van der Waals surface area (Å²) in [6.45, 7) is 9.74. The lowest BCUT2D eigenvalue weighted by Gasteiger charge is -2.36. The van der Waals surface area contributed by atoms with Gasteiger partial charge in [-0.3, -0.25) is 14.4 Å². The first-order chi connectivity index (χ1) is 11.0. The van der Waals surface area contributed by atoms with Crippen LogP contribution in [0.4, 0.5) is 0 Å². The van der Waals surface area contributed by atoms with Gasteiger partial charge in [-0.2, -0.15) is 0 Å². The van der Waals surface area contributed by atoms with Crippen molar-refractivity contribution in [1.29, 1.82) is 0 Å². The van der Waals surface area contributed by atoms with E-state index < -0.39 is 11.0 Å². The molecule has 24 heavy (non-hydrogen) atoms. The Bertz CT molecular complexity index is 702. The van der Waals surface area contributed by atoms with Crippen LogP contribution < -0.4 is 0 Å². The van der Waals surface area contributed by atoms with Crippen LogP contribution >= 0.6 is 0 Å². The molecule has 4 nitrogen and oxygen atoms in total. The number of Topliss-reactive ketones (excluding diaryl/α,β-unsaturated/α-hetero) is 3. The maximum absolute atomic E-state index is 13.6. The van der Waals surface area contributed by atoms with Crippen LogP contribution in [0.25, 0.3) is 0 Å². The molecule has 0 bridgehead atoms. The van der Waals surface area contributed by atoms with E-state index in [1.807, 2.05) is 26.8 Å². The van der Waals surface area contributed by atoms with Gasteiger partial charge in [0.25, 0.3) is 0 Å². The molecule has 0 amide bonds. The number of hydrogen-bond acceptors (Lipinski definition) is 4. The van der Waals surface area contributed by atoms with Gasteiger partial charge < -0.3 is 4.74 Å². The number of ketones is 3. The second-order valence-electron chi connectivity index (χ2n) is 9.32. The molecular formula is C20H26O4. The average molecular weight is 330 g/mol. The summed E-state index contributed by atoms with van der Waals surface area (Å²) in [6.07, 6.45) is 3.30. The van der Waals surface area contributed by atoms with Crippen molar-refractivity contribution in [2.75, 3.05) is 0 Å². The topological polar surface area (TPSA) is 63.7 Å². The number of allylic oxidation sites excluding steroid dienone is 1. The van der Waals surface area contributed by atoms with Crippen LogP contribution in [0.1, 0.15) is 53.9 Å². The molecule has 3 fully saturated rings. The minimum Gasteiger partial charge on any atom is -0.361 e. The monoisotopic (exact) mass is 330 g/mol. The van der Waals surface area contributed by atoms with Crippen LogP contribution in [0.15, 0.2) is 11.6 Å². The molecule has 3 aliphatic carbocycles. The number of carbonyl (C=O) groups excluding carboxylic acids is 3. The molecule has 1 saturated heterocycles. The van der Waals surface area contributed by atoms with E-state index in [1.165, 1.54) is 0 Å². The van der Waals surface area contributed by atoms with E-state index in [-0.39, 0.29) is 53.0 Å². The fraction of sp³-hybridized carbons (Fsp3) is 0.750. The lowest BCUT2D eigenvalue weighted by atomic mass is 9.64. The Hall–Kier alpha value is -1.29. The molecule has 0 aromatic rings. The number of carbonyl (C=O) groups is 3. The van der Waals surface area contributed by atoms with Gasteiger partial charge >= 0.3 is 0 Å². The Labute approximate surface area is 143 Å². The molecular weight excluding hydrogens is 304 g/mol. The fourth-order valence-electron chi connectivity index (χ4n) is 5.85. The van der Waals surface area contributed by atoms with E-state index in [4.69, 9.17) is 4.74 Å². The second-order valence-corrected chi connectivity index (χ2v) is 9.32. The minimum atomic E-state index is -1.06. The van der Waals surface area contributed by atoms with Gasteiger partial charge in [-0.1, -0.05) is 20.8 Å². The molecule has 1 spiro atoms. The first kappa shape index (κ1) is 16.2. The van der Waals surface area contributed by atoms with E-state index in [0.717, 1.165) is 6.42 Å². The molecule has 4 heteroatoms. The van der Waals surface area contributed by atoms with Crippen LogP contribution in [-0.2, 0) is 19.1 Å². The van der Waals surface area contributed by atoms with Crippen LogP contribution in [0.3, 0.4) is 0 Å². The van der Waals surface area contributed by atoms with Crippen molar-refractivity contribution >= 4 is 17.3 Å². The standard InChI is InChI=1S/C20H26O4/c1-10-6-12-16(23)19(5)14(18(3,4)9-15(19)22)7-13(21)11(2)8-20(12)17(10)24-20/h8,10,12,14,17H,6-7,9H2,1-5H3/b11-8-/t10-,12?,14-,17+,19+,20-/m1/s1. The van der Waals surface area contributed by atoms with Crippen molar-refractivity contribution in [2.45, 2.75) is 65.6 Å². The fourth-order valence-corrected chi connectivity index (χ4v) is 5.85. The predicted molar refractivity (Wildman–Crippen MR) is 88.3 cm³/mol. The first-order valence-electron chi connectivity index (χ1n) is 9.02. The maximum atomic E-state index is 13.6. The summed E-state index contributed by atoms with van der Waals surface area (Å²) in [5.74, 6) is -0.196. The molecule has 130 valence electrons. The van der Waals surface area contributed by atoms with Crippen molar-refractivity contribution < 1.29 is 19.1 Å². The molecule has 1 heterocycles. The molecule has 6 atom stereocenters. The van der Waals surface area contributed by atoms with Gasteiger partial charge in [0, 0.05) is 12.8 Å². The minimum absolute atomic E-state index is 0.00163. The third kappa shape index (κ3) is 1.75. The number of rotatable bonds is 0. The molecule has 2 saturated carbocycles. The number of epoxide rings is 1. The Morgan fingerprint density at radius 2 is 1.83 bits per heavy atom. The van der Waals surface area contributed by atoms with E-state index in [0.29, 0.717) is 12.0 Å². The van der Waals surface area contributed by atoms with E-state index in [2.05, 4.69) is 6.92 Å². The highest BCUT2D eigenvalue weighted by molar-refractivity contribution is 6.11. The van der Waals surface area contributed by atoms with Crippen molar-refractivity contribution in [2.24, 2.45) is 28.6 Å². The van der Waals surface area contributed by atoms with Gasteiger partial charge in [-0.15, -0.1) is 0 Å². The molecule has 1 aliphatic heterocycles. The summed E-state index contributed by atoms with van der Waals surface area (Å²) in [6, 6.07) is 0. The highest BCUT2D eigenvalue weighted by Gasteiger charge is 2.73. The molecule has 4 rings (SSSR count). The normalized spacial score (nSPS) is 51.7. The highest BCUT2D eigenvalue weighted by Crippen LogP contribution is 2.63. The number of ether oxygens (including phenoxy) is 1. The van der Waals surface area contributed by atoms with Crippen LogP contribution in [0.5, 0.6) is 0 Å². The van der Waals surface area contributed by atoms with Crippen molar-refractivity contribution in [1.82, 2.24) is 0 Å². The lowest BCUT2D eigenvalue weighted by Crippen LogP contribution is -2.46. The molecule has 0 aromatic heterocycles. The van der Waals surface area contributed by atoms with Crippen molar-refractivity contribution in [3.05, 3.63) is 11.6 Å². The lowest BCUT2D eigenvalue weighted by molar-refractivity contribution is -0.144. The molecule has 0 aromatic carbocycles. The Balaban J connectivity index is 1.89. The Kier molecular flexibility index (Phi) is 3.01. The molecule has 1 unspecified atom stereocenters. The largest absolute Gasteiger partial charge is 0.361 e. The van der Waals surface area contributed by atoms with Gasteiger partial charge in [-0.25, -0.2) is 0 Å². The smallest absolute Gasteiger partial charge is 0.158 e. The number of fused-ring (bicyclic) bond motifs is 1. The summed E-state index contributed by atoms with van der Waals surface area (Å²) in [7, 11) is 0. The maximum Gasteiger partial charge on any atom is 0.158 e. The Morgan fingerprint density at radius 3 is 2.46 bits per heavy atom. The van der Waals surface area contributed by atoms with Gasteiger partial charge in [-0.05, 0) is 49.2 Å². The summed E-state index contributed by atoms with van der Waals surface area (Å²) in [5.41, 5.74) is -1.34.